The van der Waals surface area contributed by atoms with E-state index in [0.29, 0.717) is 6.04 Å². The zero-order valence-electron chi connectivity index (χ0n) is 20.6. The van der Waals surface area contributed by atoms with Gasteiger partial charge < -0.3 is 19.0 Å². The fraction of sp³-hybridized carbons (Fsp3) is 0.357. The van der Waals surface area contributed by atoms with E-state index < -0.39 is 5.72 Å². The van der Waals surface area contributed by atoms with Gasteiger partial charge >= 0.3 is 0 Å². The van der Waals surface area contributed by atoms with Gasteiger partial charge in [0.1, 0.15) is 5.75 Å². The number of amidine groups is 1. The number of piperidine rings is 1. The Bertz CT molecular complexity index is 1250. The molecule has 6 nitrogen and oxygen atoms in total. The number of hydrogen-bond acceptors (Lipinski definition) is 5. The van der Waals surface area contributed by atoms with Crippen molar-refractivity contribution in [2.75, 3.05) is 7.11 Å². The van der Waals surface area contributed by atoms with Crippen LogP contribution in [0.3, 0.4) is 0 Å². The first-order valence-electron chi connectivity index (χ1n) is 11.8. The van der Waals surface area contributed by atoms with Gasteiger partial charge in [-0.2, -0.15) is 0 Å². The third-order valence-corrected chi connectivity index (χ3v) is 6.69. The minimum Gasteiger partial charge on any atom is -0.495 e. The van der Waals surface area contributed by atoms with Crippen LogP contribution in [0.1, 0.15) is 49.1 Å². The number of benzene rings is 2. The van der Waals surface area contributed by atoms with Crippen LogP contribution in [0.5, 0.6) is 5.75 Å². The summed E-state index contributed by atoms with van der Waals surface area (Å²) in [6.45, 7) is 8.30. The van der Waals surface area contributed by atoms with Crippen LogP contribution in [0, 0.1) is 13.8 Å². The molecule has 0 radical (unpaired) electrons. The molecule has 2 aromatic carbocycles. The van der Waals surface area contributed by atoms with Crippen LogP contribution in [-0.4, -0.2) is 39.2 Å². The number of ether oxygens (including phenoxy) is 1. The number of fused-ring (bicyclic) bond motifs is 1. The lowest BCUT2D eigenvalue weighted by Crippen LogP contribution is -2.53. The molecule has 3 heterocycles. The van der Waals surface area contributed by atoms with E-state index in [1.807, 2.05) is 24.0 Å². The van der Waals surface area contributed by atoms with Gasteiger partial charge in [-0.25, -0.2) is 4.98 Å². The van der Waals surface area contributed by atoms with Gasteiger partial charge in [0.05, 0.1) is 24.8 Å². The molecule has 176 valence electrons. The lowest BCUT2D eigenvalue weighted by atomic mass is 9.89. The number of nitrogens with zero attached hydrogens (tertiary/aromatic N) is 4. The highest BCUT2D eigenvalue weighted by Gasteiger charge is 2.45. The van der Waals surface area contributed by atoms with E-state index in [9.17, 15) is 0 Å². The normalized spacial score (nSPS) is 20.1. The maximum Gasteiger partial charge on any atom is 0.206 e. The van der Waals surface area contributed by atoms with Crippen molar-refractivity contribution < 1.29 is 9.57 Å². The Morgan fingerprint density at radius 2 is 1.94 bits per heavy atom. The summed E-state index contributed by atoms with van der Waals surface area (Å²) in [4.78, 5) is 12.6. The fourth-order valence-corrected chi connectivity index (χ4v) is 4.96. The van der Waals surface area contributed by atoms with Crippen LogP contribution in [0.4, 0.5) is 0 Å². The molecule has 0 spiro atoms. The smallest absolute Gasteiger partial charge is 0.206 e. The zero-order valence-corrected chi connectivity index (χ0v) is 20.6. The fourth-order valence-electron chi connectivity index (χ4n) is 4.96. The van der Waals surface area contributed by atoms with Crippen molar-refractivity contribution in [1.82, 2.24) is 14.5 Å². The van der Waals surface area contributed by atoms with E-state index in [4.69, 9.17) is 9.57 Å². The SMILES string of the molecule is COc1cc(/C=C2\CC[C@@H](Cc3ccc(C)cc3)N3C2=NOC3(C)C)ccc1-n1cnc(C)c1. The van der Waals surface area contributed by atoms with Crippen LogP contribution in [-0.2, 0) is 11.3 Å². The van der Waals surface area contributed by atoms with E-state index in [1.165, 1.54) is 16.7 Å². The highest BCUT2D eigenvalue weighted by Crippen LogP contribution is 2.38. The molecule has 6 heteroatoms. The van der Waals surface area contributed by atoms with Gasteiger partial charge in [-0.15, -0.1) is 0 Å². The summed E-state index contributed by atoms with van der Waals surface area (Å²) in [5, 5.41) is 4.54. The van der Waals surface area contributed by atoms with Gasteiger partial charge in [-0.05, 0) is 81.9 Å². The van der Waals surface area contributed by atoms with Crippen molar-refractivity contribution in [3.05, 3.63) is 82.9 Å². The third kappa shape index (κ3) is 4.20. The monoisotopic (exact) mass is 456 g/mol. The molecule has 0 saturated carbocycles. The Kier molecular flexibility index (Phi) is 5.68. The minimum absolute atomic E-state index is 0.345. The Labute approximate surface area is 201 Å². The number of oxime groups is 1. The van der Waals surface area contributed by atoms with E-state index in [-0.39, 0.29) is 0 Å². The van der Waals surface area contributed by atoms with E-state index >= 15 is 0 Å². The Morgan fingerprint density at radius 1 is 1.15 bits per heavy atom. The molecule has 2 aliphatic heterocycles. The second-order valence-corrected chi connectivity index (χ2v) is 9.73. The van der Waals surface area contributed by atoms with Crippen LogP contribution >= 0.6 is 0 Å². The molecule has 0 bridgehead atoms. The second-order valence-electron chi connectivity index (χ2n) is 9.73. The largest absolute Gasteiger partial charge is 0.495 e. The summed E-state index contributed by atoms with van der Waals surface area (Å²) in [5.74, 6) is 1.75. The van der Waals surface area contributed by atoms with E-state index in [2.05, 4.69) is 84.4 Å². The summed E-state index contributed by atoms with van der Waals surface area (Å²) >= 11 is 0. The number of hydrogen-bond donors (Lipinski definition) is 0. The van der Waals surface area contributed by atoms with Crippen LogP contribution < -0.4 is 4.74 Å². The Balaban J connectivity index is 1.43. The number of rotatable bonds is 5. The lowest BCUT2D eigenvalue weighted by Gasteiger charge is -2.42. The highest BCUT2D eigenvalue weighted by molar-refractivity contribution is 6.03. The number of methoxy groups -OCH3 is 1. The molecule has 0 aliphatic carbocycles. The molecule has 1 aromatic heterocycles. The molecule has 5 rings (SSSR count). The molecular weight excluding hydrogens is 424 g/mol. The Hall–Kier alpha value is -3.54. The number of aromatic nitrogens is 2. The van der Waals surface area contributed by atoms with Gasteiger partial charge in [0.25, 0.3) is 0 Å². The molecule has 1 atom stereocenters. The van der Waals surface area contributed by atoms with Crippen molar-refractivity contribution in [1.29, 1.82) is 0 Å². The van der Waals surface area contributed by atoms with Crippen molar-refractivity contribution in [2.45, 2.75) is 58.7 Å². The van der Waals surface area contributed by atoms with Gasteiger partial charge in [0.2, 0.25) is 5.72 Å². The molecule has 0 amide bonds. The predicted octanol–water partition coefficient (Wildman–Crippen LogP) is 5.67. The second kappa shape index (κ2) is 8.67. The standard InChI is InChI=1S/C28H32N4O2/c1-19-6-8-21(9-7-19)15-24-12-11-23(27-30-34-28(3,4)32(24)27)14-22-10-13-25(26(16-22)33-5)31-17-20(2)29-18-31/h6-10,13-14,16-18,24H,11-12,15H2,1-5H3/b23-14+/t24-/m0/s1. The summed E-state index contributed by atoms with van der Waals surface area (Å²) in [6, 6.07) is 15.4. The minimum atomic E-state index is -0.467. The molecule has 3 aromatic rings. The van der Waals surface area contributed by atoms with Gasteiger partial charge in [-0.1, -0.05) is 41.1 Å². The maximum absolute atomic E-state index is 5.90. The highest BCUT2D eigenvalue weighted by atomic mass is 16.7. The first kappa shape index (κ1) is 22.3. The zero-order chi connectivity index (χ0) is 23.9. The molecule has 1 saturated heterocycles. The third-order valence-electron chi connectivity index (χ3n) is 6.69. The van der Waals surface area contributed by atoms with Crippen molar-refractivity contribution in [3.63, 3.8) is 0 Å². The Morgan fingerprint density at radius 3 is 2.65 bits per heavy atom. The van der Waals surface area contributed by atoms with Crippen molar-refractivity contribution in [3.8, 4) is 11.4 Å². The van der Waals surface area contributed by atoms with E-state index in [1.54, 1.807) is 7.11 Å². The van der Waals surface area contributed by atoms with Gasteiger partial charge in [0.15, 0.2) is 5.84 Å². The van der Waals surface area contributed by atoms with Crippen LogP contribution in [0.15, 0.2) is 65.7 Å². The molecule has 1 fully saturated rings. The number of imidazole rings is 1. The summed E-state index contributed by atoms with van der Waals surface area (Å²) < 4.78 is 7.69. The molecular formula is C28H32N4O2. The first-order chi connectivity index (χ1) is 16.3. The quantitative estimate of drug-likeness (QED) is 0.497. The number of aryl methyl sites for hydroxylation is 2. The lowest BCUT2D eigenvalue weighted by molar-refractivity contribution is -0.0846. The molecule has 0 unspecified atom stereocenters. The summed E-state index contributed by atoms with van der Waals surface area (Å²) in [6.07, 6.45) is 9.00. The van der Waals surface area contributed by atoms with Gasteiger partial charge in [0, 0.05) is 12.2 Å². The molecule has 2 aliphatic rings. The molecule has 0 N–H and O–H groups in total. The maximum atomic E-state index is 5.90. The van der Waals surface area contributed by atoms with Crippen molar-refractivity contribution in [2.24, 2.45) is 5.16 Å². The first-order valence-corrected chi connectivity index (χ1v) is 11.8. The predicted molar refractivity (Wildman–Crippen MR) is 135 cm³/mol. The molecule has 34 heavy (non-hydrogen) atoms. The van der Waals surface area contributed by atoms with Crippen molar-refractivity contribution >= 4 is 11.9 Å². The van der Waals surface area contributed by atoms with Crippen LogP contribution in [0.2, 0.25) is 0 Å². The topological polar surface area (TPSA) is 51.9 Å². The van der Waals surface area contributed by atoms with E-state index in [0.717, 1.165) is 47.8 Å². The van der Waals surface area contributed by atoms with Gasteiger partial charge in [-0.3, -0.25) is 0 Å². The average molecular weight is 457 g/mol. The summed E-state index contributed by atoms with van der Waals surface area (Å²) in [5.41, 5.74) is 6.38. The summed E-state index contributed by atoms with van der Waals surface area (Å²) in [7, 11) is 1.70. The average Bonchev–Trinajstić information content (AvgIpc) is 3.39. The van der Waals surface area contributed by atoms with Crippen LogP contribution in [0.25, 0.3) is 11.8 Å².